The number of rotatable bonds is 6. The van der Waals surface area contributed by atoms with Crippen molar-refractivity contribution in [3.8, 4) is 5.75 Å². The summed E-state index contributed by atoms with van der Waals surface area (Å²) in [5.41, 5.74) is 1.01. The molecule has 1 atom stereocenters. The fourth-order valence-electron chi connectivity index (χ4n) is 2.97. The summed E-state index contributed by atoms with van der Waals surface area (Å²) in [7, 11) is 1.66. The highest BCUT2D eigenvalue weighted by atomic mass is 16.5. The molecule has 0 bridgehead atoms. The maximum absolute atomic E-state index is 13.0. The van der Waals surface area contributed by atoms with Gasteiger partial charge in [0.25, 0.3) is 0 Å². The summed E-state index contributed by atoms with van der Waals surface area (Å²) in [5, 5.41) is 3.35. The van der Waals surface area contributed by atoms with Crippen LogP contribution in [0.15, 0.2) is 24.3 Å². The Labute approximate surface area is 133 Å². The number of likely N-dealkylation sites (N-methyl/N-ethyl adjacent to an activating group) is 1. The standard InChI is InChI=1S/C17H27N3O2/c1-4-19(5-2)17(21)16(20-11-9-18-10-12-20)14-7-6-8-15(13-14)22-3/h6-8,13,16,18H,4-5,9-12H2,1-3H3. The Hall–Kier alpha value is -1.59. The first kappa shape index (κ1) is 16.8. The van der Waals surface area contributed by atoms with Gasteiger partial charge in [0.15, 0.2) is 0 Å². The van der Waals surface area contributed by atoms with E-state index >= 15 is 0 Å². The van der Waals surface area contributed by atoms with Gasteiger partial charge < -0.3 is 15.0 Å². The number of carbonyl (C=O) groups is 1. The van der Waals surface area contributed by atoms with Crippen molar-refractivity contribution in [2.75, 3.05) is 46.4 Å². The van der Waals surface area contributed by atoms with Gasteiger partial charge in [-0.15, -0.1) is 0 Å². The van der Waals surface area contributed by atoms with Gasteiger partial charge in [-0.05, 0) is 31.5 Å². The number of benzene rings is 1. The van der Waals surface area contributed by atoms with Crippen LogP contribution in [0.2, 0.25) is 0 Å². The van der Waals surface area contributed by atoms with Crippen molar-refractivity contribution < 1.29 is 9.53 Å². The third kappa shape index (κ3) is 3.78. The number of hydrogen-bond donors (Lipinski definition) is 1. The maximum atomic E-state index is 13.0. The second kappa shape index (κ2) is 8.15. The molecule has 1 aromatic rings. The van der Waals surface area contributed by atoms with E-state index in [9.17, 15) is 4.79 Å². The van der Waals surface area contributed by atoms with E-state index in [0.717, 1.165) is 50.6 Å². The largest absolute Gasteiger partial charge is 0.497 e. The average molecular weight is 305 g/mol. The van der Waals surface area contributed by atoms with E-state index in [2.05, 4.69) is 10.2 Å². The monoisotopic (exact) mass is 305 g/mol. The third-order valence-corrected chi connectivity index (χ3v) is 4.24. The number of carbonyl (C=O) groups excluding carboxylic acids is 1. The minimum Gasteiger partial charge on any atom is -0.497 e. The quantitative estimate of drug-likeness (QED) is 0.865. The van der Waals surface area contributed by atoms with E-state index in [1.54, 1.807) is 7.11 Å². The molecule has 1 aromatic carbocycles. The van der Waals surface area contributed by atoms with Crippen molar-refractivity contribution in [1.82, 2.24) is 15.1 Å². The van der Waals surface area contributed by atoms with Crippen molar-refractivity contribution in [1.29, 1.82) is 0 Å². The lowest BCUT2D eigenvalue weighted by atomic mass is 10.0. The van der Waals surface area contributed by atoms with E-state index in [4.69, 9.17) is 4.74 Å². The molecule has 5 nitrogen and oxygen atoms in total. The van der Waals surface area contributed by atoms with Gasteiger partial charge in [0, 0.05) is 39.3 Å². The van der Waals surface area contributed by atoms with Gasteiger partial charge in [0.05, 0.1) is 7.11 Å². The lowest BCUT2D eigenvalue weighted by Gasteiger charge is -2.36. The van der Waals surface area contributed by atoms with Gasteiger partial charge >= 0.3 is 0 Å². The Morgan fingerprint density at radius 2 is 2.00 bits per heavy atom. The molecule has 0 aliphatic carbocycles. The van der Waals surface area contributed by atoms with Gasteiger partial charge in [-0.2, -0.15) is 0 Å². The Balaban J connectivity index is 2.33. The fourth-order valence-corrected chi connectivity index (χ4v) is 2.97. The van der Waals surface area contributed by atoms with Crippen LogP contribution in [-0.4, -0.2) is 62.1 Å². The smallest absolute Gasteiger partial charge is 0.244 e. The van der Waals surface area contributed by atoms with Crippen LogP contribution in [0.1, 0.15) is 25.5 Å². The molecule has 1 heterocycles. The highest BCUT2D eigenvalue weighted by Gasteiger charge is 2.31. The minimum absolute atomic E-state index is 0.181. The number of methoxy groups -OCH3 is 1. The van der Waals surface area contributed by atoms with Crippen molar-refractivity contribution in [3.63, 3.8) is 0 Å². The molecule has 1 aliphatic heterocycles. The van der Waals surface area contributed by atoms with Crippen molar-refractivity contribution in [2.45, 2.75) is 19.9 Å². The zero-order valence-corrected chi connectivity index (χ0v) is 13.8. The molecule has 1 amide bonds. The fraction of sp³-hybridized carbons (Fsp3) is 0.588. The molecular weight excluding hydrogens is 278 g/mol. The summed E-state index contributed by atoms with van der Waals surface area (Å²) in [6.45, 7) is 9.15. The van der Waals surface area contributed by atoms with E-state index in [1.165, 1.54) is 0 Å². The maximum Gasteiger partial charge on any atom is 0.244 e. The molecule has 22 heavy (non-hydrogen) atoms. The van der Waals surface area contributed by atoms with E-state index in [0.29, 0.717) is 0 Å². The molecule has 0 spiro atoms. The number of nitrogens with zero attached hydrogens (tertiary/aromatic N) is 2. The van der Waals surface area contributed by atoms with Crippen LogP contribution in [0, 0.1) is 0 Å². The molecule has 0 radical (unpaired) electrons. The Morgan fingerprint density at radius 3 is 2.59 bits per heavy atom. The topological polar surface area (TPSA) is 44.8 Å². The average Bonchev–Trinajstić information content (AvgIpc) is 2.57. The van der Waals surface area contributed by atoms with Crippen LogP contribution in [0.4, 0.5) is 0 Å². The predicted octanol–water partition coefficient (Wildman–Crippen LogP) is 1.51. The van der Waals surface area contributed by atoms with Crippen molar-refractivity contribution in [2.24, 2.45) is 0 Å². The highest BCUT2D eigenvalue weighted by molar-refractivity contribution is 5.83. The molecule has 1 saturated heterocycles. The summed E-state index contributed by atoms with van der Waals surface area (Å²) >= 11 is 0. The Bertz CT molecular complexity index is 483. The molecule has 1 aliphatic rings. The summed E-state index contributed by atoms with van der Waals surface area (Å²) in [6, 6.07) is 7.65. The van der Waals surface area contributed by atoms with E-state index < -0.39 is 0 Å². The van der Waals surface area contributed by atoms with Crippen LogP contribution in [0.25, 0.3) is 0 Å². The van der Waals surface area contributed by atoms with E-state index in [-0.39, 0.29) is 11.9 Å². The molecule has 1 N–H and O–H groups in total. The molecule has 1 unspecified atom stereocenters. The first-order valence-corrected chi connectivity index (χ1v) is 8.08. The number of ether oxygens (including phenoxy) is 1. The summed E-state index contributed by atoms with van der Waals surface area (Å²) in [4.78, 5) is 17.2. The van der Waals surface area contributed by atoms with Crippen LogP contribution < -0.4 is 10.1 Å². The Kier molecular flexibility index (Phi) is 6.21. The molecule has 0 saturated carbocycles. The van der Waals surface area contributed by atoms with Crippen LogP contribution >= 0.6 is 0 Å². The van der Waals surface area contributed by atoms with Crippen molar-refractivity contribution in [3.05, 3.63) is 29.8 Å². The molecular formula is C17H27N3O2. The van der Waals surface area contributed by atoms with Crippen LogP contribution in [0.3, 0.4) is 0 Å². The number of amides is 1. The van der Waals surface area contributed by atoms with Crippen LogP contribution in [-0.2, 0) is 4.79 Å². The number of piperazine rings is 1. The van der Waals surface area contributed by atoms with Gasteiger partial charge in [-0.3, -0.25) is 9.69 Å². The van der Waals surface area contributed by atoms with E-state index in [1.807, 2.05) is 43.0 Å². The van der Waals surface area contributed by atoms with Gasteiger partial charge in [-0.1, -0.05) is 12.1 Å². The van der Waals surface area contributed by atoms with Gasteiger partial charge in [-0.25, -0.2) is 0 Å². The normalized spacial score (nSPS) is 17.0. The van der Waals surface area contributed by atoms with Crippen molar-refractivity contribution >= 4 is 5.91 Å². The minimum atomic E-state index is -0.225. The molecule has 1 fully saturated rings. The summed E-state index contributed by atoms with van der Waals surface area (Å²) < 4.78 is 5.33. The van der Waals surface area contributed by atoms with Crippen LogP contribution in [0.5, 0.6) is 5.75 Å². The third-order valence-electron chi connectivity index (χ3n) is 4.24. The first-order valence-electron chi connectivity index (χ1n) is 8.08. The number of nitrogens with one attached hydrogen (secondary N) is 1. The first-order chi connectivity index (χ1) is 10.7. The Morgan fingerprint density at radius 1 is 1.32 bits per heavy atom. The lowest BCUT2D eigenvalue weighted by molar-refractivity contribution is -0.137. The van der Waals surface area contributed by atoms with Gasteiger partial charge in [0.1, 0.15) is 11.8 Å². The predicted molar refractivity (Wildman–Crippen MR) is 88.1 cm³/mol. The molecule has 0 aromatic heterocycles. The molecule has 122 valence electrons. The molecule has 2 rings (SSSR count). The zero-order chi connectivity index (χ0) is 15.9. The summed E-state index contributed by atoms with van der Waals surface area (Å²) in [6.07, 6.45) is 0. The summed E-state index contributed by atoms with van der Waals surface area (Å²) in [5.74, 6) is 0.977. The lowest BCUT2D eigenvalue weighted by Crippen LogP contribution is -2.50. The number of hydrogen-bond acceptors (Lipinski definition) is 4. The zero-order valence-electron chi connectivity index (χ0n) is 13.8. The SMILES string of the molecule is CCN(CC)C(=O)C(c1cccc(OC)c1)N1CCNCC1. The molecule has 5 heteroatoms. The highest BCUT2D eigenvalue weighted by Crippen LogP contribution is 2.26. The van der Waals surface area contributed by atoms with Gasteiger partial charge in [0.2, 0.25) is 5.91 Å². The second-order valence-corrected chi connectivity index (χ2v) is 5.48. The second-order valence-electron chi connectivity index (χ2n) is 5.48.